The van der Waals surface area contributed by atoms with Gasteiger partial charge in [0.25, 0.3) is 0 Å². The van der Waals surface area contributed by atoms with Gasteiger partial charge in [-0.2, -0.15) is 0 Å². The van der Waals surface area contributed by atoms with Crippen molar-refractivity contribution in [3.05, 3.63) is 34.3 Å². The first-order valence-corrected chi connectivity index (χ1v) is 7.76. The fourth-order valence-electron chi connectivity index (χ4n) is 1.64. The molecular formula is C11H14BrNO2S. The number of hydrogen-bond acceptors (Lipinski definition) is 3. The van der Waals surface area contributed by atoms with Gasteiger partial charge in [0, 0.05) is 17.6 Å². The monoisotopic (exact) mass is 303 g/mol. The quantitative estimate of drug-likeness (QED) is 0.914. The Hall–Kier alpha value is -0.390. The number of aryl methyl sites for hydroxylation is 1. The van der Waals surface area contributed by atoms with E-state index in [-0.39, 0.29) is 11.0 Å². The van der Waals surface area contributed by atoms with Crippen LogP contribution in [0.2, 0.25) is 0 Å². The predicted molar refractivity (Wildman–Crippen MR) is 68.3 cm³/mol. The summed E-state index contributed by atoms with van der Waals surface area (Å²) in [6.45, 7) is 1.22. The van der Waals surface area contributed by atoms with E-state index in [9.17, 15) is 8.42 Å². The van der Waals surface area contributed by atoms with Crippen LogP contribution in [-0.2, 0) is 16.3 Å². The molecule has 5 heteroatoms. The maximum absolute atomic E-state index is 11.8. The standard InChI is InChI=1S/C11H14BrNO2S/c12-11-4-2-1-3-9(11)5-6-16(14,15)10-7-13-8-10/h1-4,10,13H,5-8H2. The van der Waals surface area contributed by atoms with Crippen LogP contribution in [0.4, 0.5) is 0 Å². The maximum Gasteiger partial charge on any atom is 0.155 e. The van der Waals surface area contributed by atoms with Gasteiger partial charge < -0.3 is 5.32 Å². The molecule has 1 N–H and O–H groups in total. The molecule has 0 unspecified atom stereocenters. The van der Waals surface area contributed by atoms with Crippen LogP contribution in [0.3, 0.4) is 0 Å². The topological polar surface area (TPSA) is 46.2 Å². The zero-order valence-electron chi connectivity index (χ0n) is 8.82. The van der Waals surface area contributed by atoms with Gasteiger partial charge >= 0.3 is 0 Å². The maximum atomic E-state index is 11.8. The van der Waals surface area contributed by atoms with Gasteiger partial charge in [-0.05, 0) is 18.1 Å². The lowest BCUT2D eigenvalue weighted by molar-refractivity contribution is 0.495. The Kier molecular flexibility index (Phi) is 3.66. The molecule has 1 aliphatic rings. The summed E-state index contributed by atoms with van der Waals surface area (Å²) in [5.41, 5.74) is 1.05. The zero-order chi connectivity index (χ0) is 11.6. The first-order chi connectivity index (χ1) is 7.59. The van der Waals surface area contributed by atoms with E-state index in [1.807, 2.05) is 24.3 Å². The number of nitrogens with one attached hydrogen (secondary N) is 1. The Labute approximate surface area is 104 Å². The first kappa shape index (κ1) is 12.1. The summed E-state index contributed by atoms with van der Waals surface area (Å²) in [5, 5.41) is 2.82. The number of benzene rings is 1. The molecule has 16 heavy (non-hydrogen) atoms. The summed E-state index contributed by atoms with van der Waals surface area (Å²) < 4.78 is 24.7. The van der Waals surface area contributed by atoms with Crippen molar-refractivity contribution in [3.8, 4) is 0 Å². The van der Waals surface area contributed by atoms with Crippen LogP contribution in [0.5, 0.6) is 0 Å². The van der Waals surface area contributed by atoms with Gasteiger partial charge in [-0.1, -0.05) is 34.1 Å². The molecule has 1 aliphatic heterocycles. The van der Waals surface area contributed by atoms with Gasteiger partial charge in [-0.25, -0.2) is 8.42 Å². The van der Waals surface area contributed by atoms with Gasteiger partial charge in [0.1, 0.15) is 0 Å². The van der Waals surface area contributed by atoms with Crippen LogP contribution in [0, 0.1) is 0 Å². The highest BCUT2D eigenvalue weighted by Crippen LogP contribution is 2.18. The van der Waals surface area contributed by atoms with Crippen molar-refractivity contribution in [2.45, 2.75) is 11.7 Å². The van der Waals surface area contributed by atoms with E-state index in [0.717, 1.165) is 10.0 Å². The highest BCUT2D eigenvalue weighted by atomic mass is 79.9. The van der Waals surface area contributed by atoms with Crippen LogP contribution in [0.15, 0.2) is 28.7 Å². The molecule has 0 saturated carbocycles. The Morgan fingerprint density at radius 2 is 2.00 bits per heavy atom. The van der Waals surface area contributed by atoms with Crippen LogP contribution < -0.4 is 5.32 Å². The Morgan fingerprint density at radius 1 is 1.31 bits per heavy atom. The van der Waals surface area contributed by atoms with E-state index in [0.29, 0.717) is 19.5 Å². The summed E-state index contributed by atoms with van der Waals surface area (Å²) in [6, 6.07) is 7.75. The Balaban J connectivity index is 1.99. The molecule has 1 aromatic rings. The lowest BCUT2D eigenvalue weighted by Crippen LogP contribution is -2.52. The lowest BCUT2D eigenvalue weighted by Gasteiger charge is -2.26. The van der Waals surface area contributed by atoms with Gasteiger partial charge in [-0.3, -0.25) is 0 Å². The summed E-state index contributed by atoms with van der Waals surface area (Å²) in [4.78, 5) is 0. The van der Waals surface area contributed by atoms with Crippen molar-refractivity contribution in [1.29, 1.82) is 0 Å². The second-order valence-electron chi connectivity index (χ2n) is 3.99. The summed E-state index contributed by atoms with van der Waals surface area (Å²) >= 11 is 3.42. The molecule has 0 radical (unpaired) electrons. The molecule has 0 aromatic heterocycles. The highest BCUT2D eigenvalue weighted by Gasteiger charge is 2.30. The zero-order valence-corrected chi connectivity index (χ0v) is 11.2. The summed E-state index contributed by atoms with van der Waals surface area (Å²) in [6.07, 6.45) is 0.584. The normalized spacial score (nSPS) is 17.1. The van der Waals surface area contributed by atoms with Crippen molar-refractivity contribution in [3.63, 3.8) is 0 Å². The molecule has 1 heterocycles. The third kappa shape index (κ3) is 2.64. The van der Waals surface area contributed by atoms with Crippen molar-refractivity contribution >= 4 is 25.8 Å². The largest absolute Gasteiger partial charge is 0.314 e. The van der Waals surface area contributed by atoms with Crippen molar-refractivity contribution in [1.82, 2.24) is 5.32 Å². The predicted octanol–water partition coefficient (Wildman–Crippen LogP) is 1.38. The lowest BCUT2D eigenvalue weighted by atomic mass is 10.2. The first-order valence-electron chi connectivity index (χ1n) is 5.25. The van der Waals surface area contributed by atoms with E-state index >= 15 is 0 Å². The van der Waals surface area contributed by atoms with Crippen molar-refractivity contribution in [2.75, 3.05) is 18.8 Å². The third-order valence-electron chi connectivity index (χ3n) is 2.87. The summed E-state index contributed by atoms with van der Waals surface area (Å²) in [5.74, 6) is 0.238. The van der Waals surface area contributed by atoms with Gasteiger partial charge in [-0.15, -0.1) is 0 Å². The average molecular weight is 304 g/mol. The number of hydrogen-bond donors (Lipinski definition) is 1. The van der Waals surface area contributed by atoms with Crippen LogP contribution in [-0.4, -0.2) is 32.5 Å². The minimum absolute atomic E-state index is 0.171. The fraction of sp³-hybridized carbons (Fsp3) is 0.455. The average Bonchev–Trinajstić information content (AvgIpc) is 2.13. The minimum Gasteiger partial charge on any atom is -0.314 e. The molecule has 0 aliphatic carbocycles. The van der Waals surface area contributed by atoms with Crippen molar-refractivity contribution < 1.29 is 8.42 Å². The Morgan fingerprint density at radius 3 is 2.56 bits per heavy atom. The molecule has 3 nitrogen and oxygen atoms in total. The molecule has 88 valence electrons. The van der Waals surface area contributed by atoms with Crippen LogP contribution in [0.1, 0.15) is 5.56 Å². The second-order valence-corrected chi connectivity index (χ2v) is 7.24. The van der Waals surface area contributed by atoms with Crippen LogP contribution in [0.25, 0.3) is 0 Å². The molecule has 0 atom stereocenters. The number of sulfone groups is 1. The minimum atomic E-state index is -2.92. The van der Waals surface area contributed by atoms with E-state index < -0.39 is 9.84 Å². The molecule has 0 bridgehead atoms. The molecule has 0 amide bonds. The van der Waals surface area contributed by atoms with Gasteiger partial charge in [0.15, 0.2) is 9.84 Å². The Bertz CT molecular complexity index is 469. The van der Waals surface area contributed by atoms with E-state index in [4.69, 9.17) is 0 Å². The number of halogens is 1. The van der Waals surface area contributed by atoms with E-state index in [1.54, 1.807) is 0 Å². The number of rotatable bonds is 4. The molecule has 1 saturated heterocycles. The summed E-state index contributed by atoms with van der Waals surface area (Å²) in [7, 11) is -2.92. The smallest absolute Gasteiger partial charge is 0.155 e. The third-order valence-corrected chi connectivity index (χ3v) is 5.76. The van der Waals surface area contributed by atoms with Crippen molar-refractivity contribution in [2.24, 2.45) is 0 Å². The van der Waals surface area contributed by atoms with Gasteiger partial charge in [0.05, 0.1) is 11.0 Å². The van der Waals surface area contributed by atoms with E-state index in [1.165, 1.54) is 0 Å². The molecule has 1 fully saturated rings. The van der Waals surface area contributed by atoms with Crippen LogP contribution >= 0.6 is 15.9 Å². The van der Waals surface area contributed by atoms with Gasteiger partial charge in [0.2, 0.25) is 0 Å². The molecule has 2 rings (SSSR count). The SMILES string of the molecule is O=S(=O)(CCc1ccccc1Br)C1CNC1. The molecule has 1 aromatic carbocycles. The van der Waals surface area contributed by atoms with E-state index in [2.05, 4.69) is 21.2 Å². The second kappa shape index (κ2) is 4.85. The fourth-order valence-corrected chi connectivity index (χ4v) is 3.70. The highest BCUT2D eigenvalue weighted by molar-refractivity contribution is 9.10. The molecule has 0 spiro atoms. The molecular weight excluding hydrogens is 290 g/mol.